The van der Waals surface area contributed by atoms with Crippen molar-refractivity contribution in [1.29, 1.82) is 0 Å². The molecule has 0 saturated carbocycles. The smallest absolute Gasteiger partial charge is 0.311 e. The Morgan fingerprint density at radius 3 is 2.58 bits per heavy atom. The van der Waals surface area contributed by atoms with E-state index >= 15 is 0 Å². The summed E-state index contributed by atoms with van der Waals surface area (Å²) in [5, 5.41) is 0.572. The average Bonchev–Trinajstić information content (AvgIpc) is 3.35. The Bertz CT molecular complexity index is 1130. The van der Waals surface area contributed by atoms with Gasteiger partial charge in [0.25, 0.3) is 0 Å². The molecular weight excluding hydrogens is 480 g/mol. The fourth-order valence-corrected chi connectivity index (χ4v) is 4.61. The molecule has 1 amide bonds. The van der Waals surface area contributed by atoms with Crippen LogP contribution in [0.5, 0.6) is 0 Å². The number of thiazole rings is 1. The zero-order chi connectivity index (χ0) is 22.0. The van der Waals surface area contributed by atoms with E-state index in [1.54, 1.807) is 24.3 Å². The number of amides is 1. The van der Waals surface area contributed by atoms with Crippen LogP contribution in [0.15, 0.2) is 59.1 Å². The first kappa shape index (κ1) is 21.4. The number of hydrogen-bond acceptors (Lipinski definition) is 6. The predicted octanol–water partition coefficient (Wildman–Crippen LogP) is 4.66. The third kappa shape index (κ3) is 4.75. The molecule has 158 valence electrons. The molecule has 4 rings (SSSR count). The predicted molar refractivity (Wildman–Crippen MR) is 122 cm³/mol. The van der Waals surface area contributed by atoms with E-state index in [1.165, 1.54) is 16.2 Å². The lowest BCUT2D eigenvalue weighted by Gasteiger charge is -2.12. The van der Waals surface area contributed by atoms with Crippen LogP contribution in [0.4, 0.5) is 5.13 Å². The fraction of sp³-hybridized carbons (Fsp3) is 0.217. The lowest BCUT2D eigenvalue weighted by molar-refractivity contribution is -0.147. The van der Waals surface area contributed by atoms with Crippen molar-refractivity contribution in [2.45, 2.75) is 13.3 Å². The number of aryl methyl sites for hydroxylation is 1. The fourth-order valence-electron chi connectivity index (χ4n) is 3.39. The van der Waals surface area contributed by atoms with Gasteiger partial charge in [-0.25, -0.2) is 4.98 Å². The summed E-state index contributed by atoms with van der Waals surface area (Å²) in [7, 11) is 0. The summed E-state index contributed by atoms with van der Waals surface area (Å²) in [5.41, 5.74) is 2.28. The number of nitrogens with zero attached hydrogens (tertiary/aromatic N) is 2. The maximum absolute atomic E-state index is 12.6. The van der Waals surface area contributed by atoms with Crippen molar-refractivity contribution in [2.75, 3.05) is 18.1 Å². The summed E-state index contributed by atoms with van der Waals surface area (Å²) in [6.07, 6.45) is 0.0462. The van der Waals surface area contributed by atoms with Gasteiger partial charge in [-0.2, -0.15) is 0 Å². The zero-order valence-corrected chi connectivity index (χ0v) is 19.1. The number of hydrogen-bond donors (Lipinski definition) is 0. The highest BCUT2D eigenvalue weighted by Crippen LogP contribution is 2.35. The number of ketones is 1. The number of rotatable bonds is 6. The van der Waals surface area contributed by atoms with Gasteiger partial charge in [0.05, 0.1) is 11.6 Å². The highest BCUT2D eigenvalue weighted by atomic mass is 79.9. The molecule has 1 aliphatic rings. The maximum Gasteiger partial charge on any atom is 0.311 e. The topological polar surface area (TPSA) is 76.6 Å². The SMILES string of the molecule is Cc1sc(N2C[C@H](C(=O)OCC(=O)c3ccc(Br)cc3)CC2=O)nc1-c1ccccc1. The number of esters is 1. The minimum atomic E-state index is -0.616. The molecule has 3 aromatic rings. The van der Waals surface area contributed by atoms with Crippen LogP contribution in [0.25, 0.3) is 11.3 Å². The first-order chi connectivity index (χ1) is 14.9. The van der Waals surface area contributed by atoms with Gasteiger partial charge in [0.1, 0.15) is 0 Å². The van der Waals surface area contributed by atoms with Crippen molar-refractivity contribution in [3.05, 3.63) is 69.5 Å². The number of anilines is 1. The molecule has 1 fully saturated rings. The quantitative estimate of drug-likeness (QED) is 0.364. The van der Waals surface area contributed by atoms with Crippen LogP contribution in [-0.4, -0.2) is 35.8 Å². The lowest BCUT2D eigenvalue weighted by atomic mass is 10.1. The Morgan fingerprint density at radius 1 is 1.16 bits per heavy atom. The van der Waals surface area contributed by atoms with Crippen molar-refractivity contribution in [3.63, 3.8) is 0 Å². The summed E-state index contributed by atoms with van der Waals surface area (Å²) in [6.45, 7) is 1.81. The van der Waals surface area contributed by atoms with E-state index in [-0.39, 0.29) is 31.3 Å². The molecule has 31 heavy (non-hydrogen) atoms. The summed E-state index contributed by atoms with van der Waals surface area (Å²) in [6, 6.07) is 16.6. The van der Waals surface area contributed by atoms with E-state index < -0.39 is 11.9 Å². The van der Waals surface area contributed by atoms with Gasteiger partial charge in [-0.3, -0.25) is 19.3 Å². The van der Waals surface area contributed by atoms with Gasteiger partial charge >= 0.3 is 5.97 Å². The van der Waals surface area contributed by atoms with Crippen LogP contribution in [0, 0.1) is 12.8 Å². The summed E-state index contributed by atoms with van der Waals surface area (Å²) in [4.78, 5) is 44.4. The van der Waals surface area contributed by atoms with Gasteiger partial charge in [-0.1, -0.05) is 58.4 Å². The lowest BCUT2D eigenvalue weighted by Crippen LogP contribution is -2.27. The molecule has 6 nitrogen and oxygen atoms in total. The molecule has 0 radical (unpaired) electrons. The normalized spacial score (nSPS) is 15.9. The zero-order valence-electron chi connectivity index (χ0n) is 16.7. The third-order valence-electron chi connectivity index (χ3n) is 5.03. The van der Waals surface area contributed by atoms with Crippen LogP contribution >= 0.6 is 27.3 Å². The van der Waals surface area contributed by atoms with E-state index in [2.05, 4.69) is 20.9 Å². The van der Waals surface area contributed by atoms with E-state index in [9.17, 15) is 14.4 Å². The first-order valence-corrected chi connectivity index (χ1v) is 11.3. The minimum Gasteiger partial charge on any atom is -0.457 e. The number of benzene rings is 2. The van der Waals surface area contributed by atoms with Crippen molar-refractivity contribution in [3.8, 4) is 11.3 Å². The van der Waals surface area contributed by atoms with Gasteiger partial charge in [0.2, 0.25) is 5.91 Å². The third-order valence-corrected chi connectivity index (χ3v) is 6.56. The summed E-state index contributed by atoms with van der Waals surface area (Å²) in [5.74, 6) is -1.62. The second kappa shape index (κ2) is 9.11. The van der Waals surface area contributed by atoms with Crippen LogP contribution in [0.3, 0.4) is 0 Å². The van der Waals surface area contributed by atoms with Gasteiger partial charge in [0, 0.05) is 33.4 Å². The van der Waals surface area contributed by atoms with Crippen molar-refractivity contribution in [1.82, 2.24) is 4.98 Å². The highest BCUT2D eigenvalue weighted by molar-refractivity contribution is 9.10. The summed E-state index contributed by atoms with van der Waals surface area (Å²) >= 11 is 4.74. The molecule has 0 bridgehead atoms. The Hall–Kier alpha value is -2.84. The van der Waals surface area contributed by atoms with E-state index in [4.69, 9.17) is 4.74 Å². The molecule has 1 aromatic heterocycles. The maximum atomic E-state index is 12.6. The molecule has 2 aromatic carbocycles. The van der Waals surface area contributed by atoms with Gasteiger partial charge in [-0.05, 0) is 19.1 Å². The second-order valence-corrected chi connectivity index (χ2v) is 9.31. The Labute approximate surface area is 192 Å². The molecule has 1 atom stereocenters. The number of carbonyl (C=O) groups excluding carboxylic acids is 3. The molecule has 0 unspecified atom stereocenters. The molecule has 1 aliphatic heterocycles. The molecular formula is C23H19BrN2O4S. The van der Waals surface area contributed by atoms with Gasteiger partial charge < -0.3 is 4.74 Å². The number of aromatic nitrogens is 1. The van der Waals surface area contributed by atoms with Crippen LogP contribution < -0.4 is 4.90 Å². The van der Waals surface area contributed by atoms with Crippen molar-refractivity contribution in [2.24, 2.45) is 5.92 Å². The number of halogens is 1. The standard InChI is InChI=1S/C23H19BrN2O4S/c1-14-21(16-5-3-2-4-6-16)25-23(31-14)26-12-17(11-20(26)28)22(29)30-13-19(27)15-7-9-18(24)10-8-15/h2-10,17H,11-13H2,1H3/t17-/m1/s1. The molecule has 2 heterocycles. The monoisotopic (exact) mass is 498 g/mol. The number of Topliss-reactive ketones (excluding diaryl/α,β-unsaturated/α-hetero) is 1. The highest BCUT2D eigenvalue weighted by Gasteiger charge is 2.38. The number of carbonyl (C=O) groups is 3. The Kier molecular flexibility index (Phi) is 6.29. The van der Waals surface area contributed by atoms with Gasteiger partial charge in [-0.15, -0.1) is 11.3 Å². The van der Waals surface area contributed by atoms with E-state index in [0.717, 1.165) is 20.6 Å². The van der Waals surface area contributed by atoms with Crippen LogP contribution in [0.2, 0.25) is 0 Å². The summed E-state index contributed by atoms with van der Waals surface area (Å²) < 4.78 is 6.07. The first-order valence-electron chi connectivity index (χ1n) is 9.71. The van der Waals surface area contributed by atoms with Crippen molar-refractivity contribution < 1.29 is 19.1 Å². The van der Waals surface area contributed by atoms with E-state index in [0.29, 0.717) is 10.7 Å². The molecule has 0 spiro atoms. The molecule has 0 aliphatic carbocycles. The number of ether oxygens (including phenoxy) is 1. The second-order valence-electron chi connectivity index (χ2n) is 7.21. The largest absolute Gasteiger partial charge is 0.457 e. The van der Waals surface area contributed by atoms with E-state index in [1.807, 2.05) is 37.3 Å². The van der Waals surface area contributed by atoms with Gasteiger partial charge in [0.15, 0.2) is 17.5 Å². The van der Waals surface area contributed by atoms with Crippen LogP contribution in [-0.2, 0) is 14.3 Å². The average molecular weight is 499 g/mol. The minimum absolute atomic E-state index is 0.0462. The Morgan fingerprint density at radius 2 is 1.87 bits per heavy atom. The Balaban J connectivity index is 1.39. The molecule has 1 saturated heterocycles. The molecule has 0 N–H and O–H groups in total. The van der Waals surface area contributed by atoms with Crippen LogP contribution in [0.1, 0.15) is 21.7 Å². The molecule has 8 heteroatoms. The van der Waals surface area contributed by atoms with Crippen molar-refractivity contribution >= 4 is 50.1 Å².